The zero-order valence-corrected chi connectivity index (χ0v) is 18.8. The first-order chi connectivity index (χ1) is 15.2. The van der Waals surface area contributed by atoms with E-state index in [1.54, 1.807) is 12.1 Å². The van der Waals surface area contributed by atoms with Gasteiger partial charge in [-0.25, -0.2) is 8.42 Å². The Morgan fingerprint density at radius 2 is 1.62 bits per heavy atom. The number of hydrogen-bond donors (Lipinski definition) is 2. The average Bonchev–Trinajstić information content (AvgIpc) is 2.82. The summed E-state index contributed by atoms with van der Waals surface area (Å²) < 4.78 is 32.6. The van der Waals surface area contributed by atoms with E-state index in [1.165, 1.54) is 43.2 Å². The highest BCUT2D eigenvalue weighted by atomic mass is 32.2. The largest absolute Gasteiger partial charge is 0.497 e. The molecule has 2 N–H and O–H groups in total. The number of methoxy groups -OCH3 is 1. The maximum absolute atomic E-state index is 12.9. The predicted octanol–water partition coefficient (Wildman–Crippen LogP) is 0.886. The van der Waals surface area contributed by atoms with Crippen molar-refractivity contribution < 1.29 is 27.9 Å². The molecule has 0 spiro atoms. The lowest BCUT2D eigenvalue weighted by Crippen LogP contribution is -2.56. The second kappa shape index (κ2) is 10.1. The molecule has 1 heterocycles. The molecular weight excluding hydrogens is 434 g/mol. The highest BCUT2D eigenvalue weighted by Gasteiger charge is 2.31. The van der Waals surface area contributed by atoms with Crippen molar-refractivity contribution in [2.45, 2.75) is 17.9 Å². The van der Waals surface area contributed by atoms with Gasteiger partial charge in [-0.05, 0) is 55.5 Å². The van der Waals surface area contributed by atoms with Crippen LogP contribution in [0.2, 0.25) is 0 Å². The van der Waals surface area contributed by atoms with Crippen molar-refractivity contribution in [1.82, 2.24) is 9.62 Å². The highest BCUT2D eigenvalue weighted by molar-refractivity contribution is 7.89. The molecule has 0 aliphatic carbocycles. The van der Waals surface area contributed by atoms with Crippen LogP contribution in [-0.4, -0.2) is 76.1 Å². The molecule has 1 amide bonds. The second-order valence-corrected chi connectivity index (χ2v) is 9.16. The number of benzene rings is 2. The van der Waals surface area contributed by atoms with Gasteiger partial charge >= 0.3 is 0 Å². The zero-order chi connectivity index (χ0) is 23.3. The average molecular weight is 462 g/mol. The van der Waals surface area contributed by atoms with Crippen LogP contribution < -0.4 is 14.4 Å². The molecule has 172 valence electrons. The van der Waals surface area contributed by atoms with Gasteiger partial charge in [0.2, 0.25) is 15.9 Å². The van der Waals surface area contributed by atoms with Crippen LogP contribution in [0.1, 0.15) is 17.3 Å². The van der Waals surface area contributed by atoms with Gasteiger partial charge in [0, 0.05) is 37.4 Å². The molecule has 2 aromatic carbocycles. The highest BCUT2D eigenvalue weighted by Crippen LogP contribution is 2.19. The van der Waals surface area contributed by atoms with Gasteiger partial charge in [0.15, 0.2) is 5.78 Å². The van der Waals surface area contributed by atoms with E-state index in [2.05, 4.69) is 9.62 Å². The fraction of sp³-hybridized carbons (Fsp3) is 0.364. The molecule has 0 bridgehead atoms. The fourth-order valence-electron chi connectivity index (χ4n) is 3.49. The van der Waals surface area contributed by atoms with Crippen molar-refractivity contribution in [3.05, 3.63) is 54.1 Å². The number of nitrogens with zero attached hydrogens (tertiary/aromatic N) is 2. The first kappa shape index (κ1) is 23.7. The molecule has 1 atom stereocenters. The smallest absolute Gasteiger partial charge is 0.243 e. The van der Waals surface area contributed by atoms with Crippen LogP contribution >= 0.6 is 0 Å². The molecule has 1 saturated heterocycles. The van der Waals surface area contributed by atoms with Crippen LogP contribution in [0, 0.1) is 0 Å². The van der Waals surface area contributed by atoms with Crippen LogP contribution in [0.25, 0.3) is 0 Å². The predicted molar refractivity (Wildman–Crippen MR) is 119 cm³/mol. The number of nitrogens with one attached hydrogen (secondary N) is 1. The first-order valence-corrected chi connectivity index (χ1v) is 11.7. The number of Topliss-reactive ketones (excluding diaryl/α,β-unsaturated/α-hetero) is 1. The second-order valence-electron chi connectivity index (χ2n) is 7.45. The third-order valence-electron chi connectivity index (χ3n) is 5.38. The van der Waals surface area contributed by atoms with Crippen LogP contribution in [0.15, 0.2) is 53.4 Å². The lowest BCUT2D eigenvalue weighted by atomic mass is 10.1. The van der Waals surface area contributed by atoms with Crippen molar-refractivity contribution in [2.24, 2.45) is 0 Å². The van der Waals surface area contributed by atoms with Crippen molar-refractivity contribution in [3.63, 3.8) is 0 Å². The number of piperazine rings is 1. The molecule has 0 saturated carbocycles. The van der Waals surface area contributed by atoms with Gasteiger partial charge in [0.1, 0.15) is 11.8 Å². The minimum atomic E-state index is -4.00. The molecule has 0 unspecified atom stereocenters. The molecule has 32 heavy (non-hydrogen) atoms. The van der Waals surface area contributed by atoms with E-state index in [4.69, 9.17) is 4.74 Å². The number of ether oxygens (including phenoxy) is 1. The Labute approximate surface area is 187 Å². The van der Waals surface area contributed by atoms with Gasteiger partial charge in [-0.15, -0.1) is 0 Å². The quantitative estimate of drug-likeness (QED) is 0.561. The van der Waals surface area contributed by atoms with E-state index in [0.717, 1.165) is 5.69 Å². The number of sulfonamides is 1. The molecule has 3 rings (SSSR count). The minimum Gasteiger partial charge on any atom is -0.497 e. The van der Waals surface area contributed by atoms with E-state index in [1.807, 2.05) is 12.1 Å². The molecule has 9 nitrogen and oxygen atoms in total. The van der Waals surface area contributed by atoms with Gasteiger partial charge < -0.3 is 19.6 Å². The zero-order valence-electron chi connectivity index (χ0n) is 18.0. The summed E-state index contributed by atoms with van der Waals surface area (Å²) in [6, 6.07) is 11.8. The van der Waals surface area contributed by atoms with E-state index in [9.17, 15) is 23.1 Å². The van der Waals surface area contributed by atoms with E-state index in [-0.39, 0.29) is 10.7 Å². The van der Waals surface area contributed by atoms with E-state index < -0.39 is 28.6 Å². The number of aliphatic hydroxyl groups is 1. The van der Waals surface area contributed by atoms with Gasteiger partial charge in [-0.1, -0.05) is 0 Å². The molecule has 1 fully saturated rings. The molecule has 0 radical (unpaired) electrons. The Kier molecular flexibility index (Phi) is 7.49. The fourth-order valence-corrected chi connectivity index (χ4v) is 4.67. The minimum absolute atomic E-state index is 0.000830. The Morgan fingerprint density at radius 1 is 1.03 bits per heavy atom. The van der Waals surface area contributed by atoms with E-state index >= 15 is 0 Å². The van der Waals surface area contributed by atoms with Crippen molar-refractivity contribution >= 4 is 27.4 Å². The standard InChI is InChI=1S/C22H27N3O6S/c1-16(27)17-3-5-18(6-4-17)24-11-13-25(14-12-24)22(28)21(15-26)23-32(29,30)20-9-7-19(31-2)8-10-20/h3-10,21,23,26H,11-15H2,1-2H3/t21-/m0/s1. The monoisotopic (exact) mass is 461 g/mol. The molecule has 0 aromatic heterocycles. The molecular formula is C22H27N3O6S. The maximum atomic E-state index is 12.9. The van der Waals surface area contributed by atoms with Crippen molar-refractivity contribution in [2.75, 3.05) is 44.8 Å². The number of aliphatic hydroxyl groups excluding tert-OH is 1. The van der Waals surface area contributed by atoms with Gasteiger partial charge in [-0.2, -0.15) is 4.72 Å². The molecule has 1 aliphatic heterocycles. The Morgan fingerprint density at radius 3 is 2.12 bits per heavy atom. The van der Waals surface area contributed by atoms with Crippen LogP contribution in [0.3, 0.4) is 0 Å². The van der Waals surface area contributed by atoms with E-state index in [0.29, 0.717) is 37.5 Å². The number of carbonyl (C=O) groups is 2. The summed E-state index contributed by atoms with van der Waals surface area (Å²) in [5, 5.41) is 9.69. The lowest BCUT2D eigenvalue weighted by molar-refractivity contribution is -0.134. The normalized spacial score (nSPS) is 15.3. The summed E-state index contributed by atoms with van der Waals surface area (Å²) in [6.45, 7) is 2.73. The summed E-state index contributed by atoms with van der Waals surface area (Å²) in [6.07, 6.45) is 0. The van der Waals surface area contributed by atoms with Crippen LogP contribution in [0.5, 0.6) is 5.75 Å². The number of ketones is 1. The SMILES string of the molecule is COc1ccc(S(=O)(=O)N[C@@H](CO)C(=O)N2CCN(c3ccc(C(C)=O)cc3)CC2)cc1. The topological polar surface area (TPSA) is 116 Å². The summed E-state index contributed by atoms with van der Waals surface area (Å²) in [4.78, 5) is 27.9. The van der Waals surface area contributed by atoms with Crippen molar-refractivity contribution in [3.8, 4) is 5.75 Å². The van der Waals surface area contributed by atoms with Crippen molar-refractivity contribution in [1.29, 1.82) is 0 Å². The third kappa shape index (κ3) is 5.45. The Bertz CT molecular complexity index is 1050. The summed E-state index contributed by atoms with van der Waals surface area (Å²) in [5.74, 6) is 0.0304. The molecule has 2 aromatic rings. The lowest BCUT2D eigenvalue weighted by Gasteiger charge is -2.37. The van der Waals surface area contributed by atoms with Crippen LogP contribution in [0.4, 0.5) is 5.69 Å². The molecule has 10 heteroatoms. The van der Waals surface area contributed by atoms with Crippen LogP contribution in [-0.2, 0) is 14.8 Å². The number of carbonyl (C=O) groups excluding carboxylic acids is 2. The molecule has 1 aliphatic rings. The summed E-state index contributed by atoms with van der Waals surface area (Å²) in [5.41, 5.74) is 1.58. The number of rotatable bonds is 8. The van der Waals surface area contributed by atoms with Gasteiger partial charge in [0.05, 0.1) is 18.6 Å². The summed E-state index contributed by atoms with van der Waals surface area (Å²) >= 11 is 0. The maximum Gasteiger partial charge on any atom is 0.243 e. The van der Waals surface area contributed by atoms with Gasteiger partial charge in [-0.3, -0.25) is 9.59 Å². The summed E-state index contributed by atoms with van der Waals surface area (Å²) in [7, 11) is -2.52. The first-order valence-electron chi connectivity index (χ1n) is 10.2. The Balaban J connectivity index is 1.61. The number of anilines is 1. The number of amides is 1. The van der Waals surface area contributed by atoms with Gasteiger partial charge in [0.25, 0.3) is 0 Å². The number of hydrogen-bond acceptors (Lipinski definition) is 7. The third-order valence-corrected chi connectivity index (χ3v) is 6.87. The Hall–Kier alpha value is -2.95.